The number of hydrogen-bond acceptors (Lipinski definition) is 9. The molecule has 0 bridgehead atoms. The molecule has 2 N–H and O–H groups in total. The van der Waals surface area contributed by atoms with E-state index in [1.54, 1.807) is 25.2 Å². The number of amides is 3. The van der Waals surface area contributed by atoms with Gasteiger partial charge in [0.05, 0.1) is 5.92 Å². The van der Waals surface area contributed by atoms with Gasteiger partial charge in [0.25, 0.3) is 5.91 Å². The number of benzene rings is 1. The minimum absolute atomic E-state index is 0.0423. The average molecular weight is 712 g/mol. The van der Waals surface area contributed by atoms with E-state index in [2.05, 4.69) is 36.1 Å². The van der Waals surface area contributed by atoms with Gasteiger partial charge in [-0.2, -0.15) is 4.98 Å². The highest BCUT2D eigenvalue weighted by molar-refractivity contribution is 6.01. The number of nitrogens with one attached hydrogen (secondary N) is 2. The second-order valence-electron chi connectivity index (χ2n) is 15.1. The van der Waals surface area contributed by atoms with Crippen LogP contribution in [0.15, 0.2) is 42.7 Å². The zero-order valence-electron chi connectivity index (χ0n) is 29.5. The van der Waals surface area contributed by atoms with Gasteiger partial charge in [-0.1, -0.05) is 18.9 Å². The first-order chi connectivity index (χ1) is 25.1. The maximum absolute atomic E-state index is 15.1. The van der Waals surface area contributed by atoms with Crippen molar-refractivity contribution in [1.82, 2.24) is 34.6 Å². The first-order valence-corrected chi connectivity index (χ1v) is 18.2. The Kier molecular flexibility index (Phi) is 8.88. The van der Waals surface area contributed by atoms with E-state index in [0.29, 0.717) is 36.2 Å². The van der Waals surface area contributed by atoms with Crippen LogP contribution in [0.4, 0.5) is 26.2 Å². The number of piperidine rings is 2. The number of hydrogen-bond donors (Lipinski definition) is 2. The van der Waals surface area contributed by atoms with Crippen LogP contribution in [0.5, 0.6) is 0 Å². The lowest BCUT2D eigenvalue weighted by molar-refractivity contribution is -0.134. The van der Waals surface area contributed by atoms with Crippen molar-refractivity contribution < 1.29 is 23.2 Å². The Morgan fingerprint density at radius 2 is 1.73 bits per heavy atom. The third kappa shape index (κ3) is 6.48. The molecular weight excluding hydrogens is 668 g/mol. The molecule has 4 fully saturated rings. The zero-order valence-corrected chi connectivity index (χ0v) is 29.5. The lowest BCUT2D eigenvalue weighted by Gasteiger charge is -2.54. The molecule has 6 heterocycles. The molecule has 1 aliphatic carbocycles. The number of carbonyl (C=O) groups excluding carboxylic acids is 3. The number of fused-ring (bicyclic) bond motifs is 1. The minimum atomic E-state index is -1.00. The smallest absolute Gasteiger partial charge is 0.270 e. The highest BCUT2D eigenvalue weighted by Gasteiger charge is 2.45. The van der Waals surface area contributed by atoms with Crippen molar-refractivity contribution in [2.45, 2.75) is 69.9 Å². The minimum Gasteiger partial charge on any atom is -0.371 e. The summed E-state index contributed by atoms with van der Waals surface area (Å²) in [6, 6.07) is 8.76. The molecule has 8 rings (SSSR count). The largest absolute Gasteiger partial charge is 0.371 e. The van der Waals surface area contributed by atoms with E-state index in [1.807, 2.05) is 23.2 Å². The molecule has 272 valence electrons. The highest BCUT2D eigenvalue weighted by atomic mass is 19.1. The molecule has 3 amide bonds. The second kappa shape index (κ2) is 13.5. The molecule has 1 aromatic carbocycles. The molecule has 1 atom stereocenters. The Hall–Kier alpha value is -4.98. The van der Waals surface area contributed by atoms with Crippen molar-refractivity contribution >= 4 is 46.2 Å². The van der Waals surface area contributed by atoms with Crippen molar-refractivity contribution in [1.29, 1.82) is 0 Å². The number of nitrogens with zero attached hydrogens (tertiary/aromatic N) is 7. The molecule has 3 aromatic heterocycles. The number of aromatic nitrogens is 4. The van der Waals surface area contributed by atoms with Gasteiger partial charge in [0.2, 0.25) is 17.8 Å². The first-order valence-electron chi connectivity index (χ1n) is 18.2. The number of pyridine rings is 1. The van der Waals surface area contributed by atoms with Crippen LogP contribution in [0, 0.1) is 17.0 Å². The van der Waals surface area contributed by atoms with Crippen molar-refractivity contribution in [3.63, 3.8) is 0 Å². The first kappa shape index (κ1) is 34.1. The Morgan fingerprint density at radius 1 is 1.00 bits per heavy atom. The quantitative estimate of drug-likeness (QED) is 0.235. The number of halogens is 2. The summed E-state index contributed by atoms with van der Waals surface area (Å²) < 4.78 is 32.4. The van der Waals surface area contributed by atoms with E-state index >= 15 is 8.78 Å². The number of anilines is 3. The van der Waals surface area contributed by atoms with Gasteiger partial charge in [-0.05, 0) is 67.3 Å². The molecule has 3 saturated heterocycles. The Labute approximate surface area is 300 Å². The Bertz CT molecular complexity index is 2000. The fraction of sp³-hybridized carbons (Fsp3) is 0.474. The predicted molar refractivity (Wildman–Crippen MR) is 191 cm³/mol. The molecule has 52 heavy (non-hydrogen) atoms. The van der Waals surface area contributed by atoms with Crippen molar-refractivity contribution in [2.75, 3.05) is 50.5 Å². The van der Waals surface area contributed by atoms with Gasteiger partial charge in [0.1, 0.15) is 28.8 Å². The van der Waals surface area contributed by atoms with Gasteiger partial charge >= 0.3 is 0 Å². The van der Waals surface area contributed by atoms with E-state index in [0.717, 1.165) is 74.8 Å². The molecule has 0 radical (unpaired) electrons. The SMILES string of the molecule is CN(C)C(=O)c1cc2cnc(Nc3ccc(CN4CC5(CCN(c6cc(F)c([C@H]7CCC(=O)NC7=O)c(F)c6)CC5)C4)cn3)nc2n1C1CCCC1. The molecule has 4 aliphatic rings. The predicted octanol–water partition coefficient (Wildman–Crippen LogP) is 5.29. The van der Waals surface area contributed by atoms with Crippen LogP contribution in [0.25, 0.3) is 11.0 Å². The normalized spacial score (nSPS) is 20.7. The van der Waals surface area contributed by atoms with Gasteiger partial charge in [-0.15, -0.1) is 0 Å². The zero-order chi connectivity index (χ0) is 36.1. The average Bonchev–Trinajstić information content (AvgIpc) is 3.77. The third-order valence-electron chi connectivity index (χ3n) is 11.3. The van der Waals surface area contributed by atoms with E-state index in [4.69, 9.17) is 4.98 Å². The van der Waals surface area contributed by atoms with Crippen LogP contribution in [-0.2, 0) is 16.1 Å². The molecular formula is C38H43F2N9O3. The van der Waals surface area contributed by atoms with Crippen LogP contribution < -0.4 is 15.5 Å². The van der Waals surface area contributed by atoms with Gasteiger partial charge < -0.3 is 19.7 Å². The summed E-state index contributed by atoms with van der Waals surface area (Å²) in [5.74, 6) is -2.54. The Balaban J connectivity index is 0.860. The summed E-state index contributed by atoms with van der Waals surface area (Å²) in [6.07, 6.45) is 9.95. The summed E-state index contributed by atoms with van der Waals surface area (Å²) in [7, 11) is 3.53. The number of likely N-dealkylation sites (tertiary alicyclic amines) is 1. The highest BCUT2D eigenvalue weighted by Crippen LogP contribution is 2.43. The maximum atomic E-state index is 15.1. The van der Waals surface area contributed by atoms with Crippen LogP contribution >= 0.6 is 0 Å². The summed E-state index contributed by atoms with van der Waals surface area (Å²) in [5.41, 5.74) is 2.89. The molecule has 0 unspecified atom stereocenters. The summed E-state index contributed by atoms with van der Waals surface area (Å²) >= 11 is 0. The van der Waals surface area contributed by atoms with E-state index in [-0.39, 0.29) is 35.8 Å². The molecule has 14 heteroatoms. The second-order valence-corrected chi connectivity index (χ2v) is 15.1. The summed E-state index contributed by atoms with van der Waals surface area (Å²) in [5, 5.41) is 6.27. The van der Waals surface area contributed by atoms with Gasteiger partial charge in [-0.3, -0.25) is 24.6 Å². The summed E-state index contributed by atoms with van der Waals surface area (Å²) in [6.45, 7) is 4.06. The fourth-order valence-electron chi connectivity index (χ4n) is 8.58. The lowest BCUT2D eigenvalue weighted by Crippen LogP contribution is -2.59. The number of rotatable bonds is 8. The van der Waals surface area contributed by atoms with Crippen molar-refractivity contribution in [3.05, 3.63) is 71.2 Å². The fourth-order valence-corrected chi connectivity index (χ4v) is 8.58. The molecule has 4 aromatic rings. The van der Waals surface area contributed by atoms with E-state index in [9.17, 15) is 14.4 Å². The van der Waals surface area contributed by atoms with Crippen molar-refractivity contribution in [3.8, 4) is 0 Å². The standard InChI is InChI=1S/C38H43F2N9O3/c1-46(2)36(52)30-15-24-19-42-37(45-34(24)49(30)25-5-3-4-6-25)43-31-9-7-23(18-41-31)20-47-21-38(22-47)11-13-48(14-12-38)26-16-28(39)33(29(40)17-26)27-8-10-32(50)44-35(27)51/h7,9,15-19,25,27H,3-6,8,10-14,20-22H2,1-2H3,(H,44,50,51)(H,41,42,43,45)/t27-/m1/s1. The monoisotopic (exact) mass is 711 g/mol. The molecule has 1 saturated carbocycles. The van der Waals surface area contributed by atoms with Crippen LogP contribution in [0.1, 0.15) is 84.9 Å². The van der Waals surface area contributed by atoms with Crippen LogP contribution in [0.2, 0.25) is 0 Å². The number of carbonyl (C=O) groups is 3. The van der Waals surface area contributed by atoms with Gasteiger partial charge in [-0.25, -0.2) is 18.7 Å². The van der Waals surface area contributed by atoms with E-state index < -0.39 is 29.4 Å². The van der Waals surface area contributed by atoms with Crippen LogP contribution in [0.3, 0.4) is 0 Å². The van der Waals surface area contributed by atoms with Crippen LogP contribution in [-0.4, -0.2) is 87.3 Å². The topological polar surface area (TPSA) is 129 Å². The molecule has 1 spiro atoms. The third-order valence-corrected chi connectivity index (χ3v) is 11.3. The lowest BCUT2D eigenvalue weighted by atomic mass is 9.72. The maximum Gasteiger partial charge on any atom is 0.270 e. The van der Waals surface area contributed by atoms with E-state index in [1.165, 1.54) is 12.1 Å². The molecule has 3 aliphatic heterocycles. The summed E-state index contributed by atoms with van der Waals surface area (Å²) in [4.78, 5) is 56.8. The molecule has 12 nitrogen and oxygen atoms in total. The number of imide groups is 1. The van der Waals surface area contributed by atoms with Crippen molar-refractivity contribution in [2.24, 2.45) is 5.41 Å². The van der Waals surface area contributed by atoms with Gasteiger partial charge in [0.15, 0.2) is 0 Å². The van der Waals surface area contributed by atoms with Gasteiger partial charge in [0, 0.05) is 88.3 Å². The Morgan fingerprint density at radius 3 is 2.38 bits per heavy atom.